The summed E-state index contributed by atoms with van der Waals surface area (Å²) in [6, 6.07) is 9.47. The number of phenolic OH excluding ortho intramolecular Hbond substituents is 1. The van der Waals surface area contributed by atoms with Crippen molar-refractivity contribution in [3.8, 4) is 5.75 Å². The van der Waals surface area contributed by atoms with Crippen LogP contribution in [0.5, 0.6) is 5.75 Å². The highest BCUT2D eigenvalue weighted by atomic mass is 32.2. The molecular formula is C14H11F4NOS. The molecule has 0 aliphatic carbocycles. The van der Waals surface area contributed by atoms with Crippen LogP contribution >= 0.6 is 11.8 Å². The van der Waals surface area contributed by atoms with Crippen LogP contribution < -0.4 is 5.32 Å². The number of hydrogen-bond donors (Lipinski definition) is 2. The van der Waals surface area contributed by atoms with Gasteiger partial charge in [0.05, 0.1) is 0 Å². The number of phenols is 1. The molecule has 0 atom stereocenters. The quantitative estimate of drug-likeness (QED) is 0.630. The van der Waals surface area contributed by atoms with Gasteiger partial charge in [0, 0.05) is 23.2 Å². The predicted octanol–water partition coefficient (Wildman–Crippen LogP) is 4.76. The van der Waals surface area contributed by atoms with Gasteiger partial charge < -0.3 is 10.4 Å². The van der Waals surface area contributed by atoms with Crippen LogP contribution in [0.2, 0.25) is 0 Å². The van der Waals surface area contributed by atoms with Crippen molar-refractivity contribution in [2.75, 3.05) is 5.32 Å². The zero-order valence-corrected chi connectivity index (χ0v) is 11.4. The number of thioether (sulfide) groups is 1. The zero-order chi connectivity index (χ0) is 15.5. The maximum absolute atomic E-state index is 13.1. The number of para-hydroxylation sites is 1. The Balaban J connectivity index is 2.13. The first-order valence-electron chi connectivity index (χ1n) is 5.90. The van der Waals surface area contributed by atoms with E-state index in [1.54, 1.807) is 6.07 Å². The lowest BCUT2D eigenvalue weighted by molar-refractivity contribution is -0.0327. The van der Waals surface area contributed by atoms with E-state index in [1.165, 1.54) is 30.3 Å². The van der Waals surface area contributed by atoms with Crippen LogP contribution in [0.4, 0.5) is 23.2 Å². The lowest BCUT2D eigenvalue weighted by Gasteiger charge is -2.13. The third kappa shape index (κ3) is 4.86. The van der Waals surface area contributed by atoms with Crippen molar-refractivity contribution in [2.45, 2.75) is 16.9 Å². The van der Waals surface area contributed by atoms with Crippen molar-refractivity contribution in [3.05, 3.63) is 53.8 Å². The van der Waals surface area contributed by atoms with Gasteiger partial charge in [-0.15, -0.1) is 0 Å². The molecule has 7 heteroatoms. The molecule has 0 amide bonds. The fourth-order valence-corrected chi connectivity index (χ4v) is 2.41. The highest BCUT2D eigenvalue weighted by Crippen LogP contribution is 2.40. The van der Waals surface area contributed by atoms with Crippen molar-refractivity contribution >= 4 is 17.4 Å². The number of rotatable bonds is 4. The van der Waals surface area contributed by atoms with Crippen LogP contribution in [0.25, 0.3) is 0 Å². The van der Waals surface area contributed by atoms with Crippen molar-refractivity contribution in [1.82, 2.24) is 0 Å². The van der Waals surface area contributed by atoms with Gasteiger partial charge in [-0.3, -0.25) is 0 Å². The lowest BCUT2D eigenvalue weighted by atomic mass is 10.2. The Morgan fingerprint density at radius 3 is 2.48 bits per heavy atom. The van der Waals surface area contributed by atoms with Crippen LogP contribution in [0.3, 0.4) is 0 Å². The van der Waals surface area contributed by atoms with Gasteiger partial charge in [-0.2, -0.15) is 13.2 Å². The number of aromatic hydroxyl groups is 1. The third-order valence-corrected chi connectivity index (χ3v) is 3.35. The molecule has 0 heterocycles. The third-order valence-electron chi connectivity index (χ3n) is 2.54. The maximum atomic E-state index is 13.1. The van der Waals surface area contributed by atoms with Crippen LogP contribution in [-0.4, -0.2) is 10.6 Å². The second kappa shape index (κ2) is 6.26. The van der Waals surface area contributed by atoms with Gasteiger partial charge >= 0.3 is 5.51 Å². The van der Waals surface area contributed by atoms with Crippen molar-refractivity contribution in [3.63, 3.8) is 0 Å². The van der Waals surface area contributed by atoms with E-state index >= 15 is 0 Å². The minimum atomic E-state index is -4.38. The largest absolute Gasteiger partial charge is 0.508 e. The van der Waals surface area contributed by atoms with E-state index in [2.05, 4.69) is 5.32 Å². The molecule has 21 heavy (non-hydrogen) atoms. The van der Waals surface area contributed by atoms with Crippen molar-refractivity contribution in [2.24, 2.45) is 0 Å². The molecule has 2 N–H and O–H groups in total. The minimum absolute atomic E-state index is 0.0330. The van der Waals surface area contributed by atoms with E-state index in [-0.39, 0.29) is 29.0 Å². The molecule has 0 radical (unpaired) electrons. The van der Waals surface area contributed by atoms with Gasteiger partial charge in [-0.25, -0.2) is 4.39 Å². The second-order valence-corrected chi connectivity index (χ2v) is 5.32. The summed E-state index contributed by atoms with van der Waals surface area (Å²) in [5, 5.41) is 12.1. The van der Waals surface area contributed by atoms with E-state index in [4.69, 9.17) is 0 Å². The Bertz CT molecular complexity index is 610. The molecule has 0 fully saturated rings. The van der Waals surface area contributed by atoms with Gasteiger partial charge in [0.1, 0.15) is 11.6 Å². The summed E-state index contributed by atoms with van der Waals surface area (Å²) in [5.41, 5.74) is -3.66. The summed E-state index contributed by atoms with van der Waals surface area (Å²) in [7, 11) is 0. The smallest absolute Gasteiger partial charge is 0.446 e. The molecular weight excluding hydrogens is 306 g/mol. The van der Waals surface area contributed by atoms with E-state index in [0.29, 0.717) is 11.3 Å². The van der Waals surface area contributed by atoms with E-state index in [0.717, 1.165) is 6.07 Å². The molecule has 0 saturated heterocycles. The predicted molar refractivity (Wildman–Crippen MR) is 73.7 cm³/mol. The lowest BCUT2D eigenvalue weighted by Crippen LogP contribution is -2.04. The van der Waals surface area contributed by atoms with Gasteiger partial charge in [-0.1, -0.05) is 12.1 Å². The first kappa shape index (κ1) is 15.5. The average Bonchev–Trinajstić information content (AvgIpc) is 2.35. The summed E-state index contributed by atoms with van der Waals surface area (Å²) in [6.45, 7) is 0.0980. The highest BCUT2D eigenvalue weighted by molar-refractivity contribution is 8.00. The highest BCUT2D eigenvalue weighted by Gasteiger charge is 2.30. The molecule has 0 spiro atoms. The zero-order valence-electron chi connectivity index (χ0n) is 10.6. The number of halogens is 4. The second-order valence-electron chi connectivity index (χ2n) is 4.22. The van der Waals surface area contributed by atoms with Crippen molar-refractivity contribution in [1.29, 1.82) is 0 Å². The molecule has 0 bridgehead atoms. The standard InChI is InChI=1S/C14H11F4NOS/c15-10-5-9(6-11(20)7-10)8-19-12-3-1-2-4-13(12)21-14(16,17)18/h1-7,19-20H,8H2. The normalized spacial score (nSPS) is 11.4. The van der Waals surface area contributed by atoms with Gasteiger partial charge in [-0.05, 0) is 41.6 Å². The Kier molecular flexibility index (Phi) is 4.62. The van der Waals surface area contributed by atoms with Gasteiger partial charge in [0.15, 0.2) is 0 Å². The molecule has 0 aliphatic heterocycles. The Morgan fingerprint density at radius 2 is 1.81 bits per heavy atom. The molecule has 2 aromatic carbocycles. The number of alkyl halides is 3. The Labute approximate surface area is 122 Å². The van der Waals surface area contributed by atoms with Crippen LogP contribution in [-0.2, 0) is 6.54 Å². The fraction of sp³-hybridized carbons (Fsp3) is 0.143. The number of nitrogens with one attached hydrogen (secondary N) is 1. The Morgan fingerprint density at radius 1 is 1.10 bits per heavy atom. The van der Waals surface area contributed by atoms with Crippen LogP contribution in [0.15, 0.2) is 47.4 Å². The molecule has 2 nitrogen and oxygen atoms in total. The fourth-order valence-electron chi connectivity index (χ4n) is 1.76. The first-order chi connectivity index (χ1) is 9.83. The Hall–Kier alpha value is -1.89. The summed E-state index contributed by atoms with van der Waals surface area (Å²) < 4.78 is 50.4. The van der Waals surface area contributed by atoms with E-state index < -0.39 is 11.3 Å². The van der Waals surface area contributed by atoms with E-state index in [1.807, 2.05) is 0 Å². The molecule has 112 valence electrons. The summed E-state index contributed by atoms with van der Waals surface area (Å²) in [6.07, 6.45) is 0. The number of benzene rings is 2. The minimum Gasteiger partial charge on any atom is -0.508 e. The number of hydrogen-bond acceptors (Lipinski definition) is 3. The maximum Gasteiger partial charge on any atom is 0.446 e. The topological polar surface area (TPSA) is 32.3 Å². The molecule has 0 saturated carbocycles. The van der Waals surface area contributed by atoms with E-state index in [9.17, 15) is 22.7 Å². The van der Waals surface area contributed by atoms with Crippen molar-refractivity contribution < 1.29 is 22.7 Å². The summed E-state index contributed by atoms with van der Waals surface area (Å²) in [4.78, 5) is 0.0330. The molecule has 2 aromatic rings. The molecule has 0 aliphatic rings. The van der Waals surface area contributed by atoms with Crippen LogP contribution in [0.1, 0.15) is 5.56 Å². The molecule has 0 unspecified atom stereocenters. The molecule has 0 aromatic heterocycles. The monoisotopic (exact) mass is 317 g/mol. The van der Waals surface area contributed by atoms with Gasteiger partial charge in [0.2, 0.25) is 0 Å². The first-order valence-corrected chi connectivity index (χ1v) is 6.72. The SMILES string of the molecule is Oc1cc(F)cc(CNc2ccccc2SC(F)(F)F)c1. The average molecular weight is 317 g/mol. The number of anilines is 1. The van der Waals surface area contributed by atoms with Crippen LogP contribution in [0, 0.1) is 5.82 Å². The van der Waals surface area contributed by atoms with Gasteiger partial charge in [0.25, 0.3) is 0 Å². The summed E-state index contributed by atoms with van der Waals surface area (Å²) in [5.74, 6) is -0.838. The molecule has 2 rings (SSSR count). The summed E-state index contributed by atoms with van der Waals surface area (Å²) >= 11 is -0.217.